The zero-order valence-corrected chi connectivity index (χ0v) is 16.4. The van der Waals surface area contributed by atoms with Crippen molar-refractivity contribution in [1.82, 2.24) is 14.8 Å². The number of hydrogen-bond donors (Lipinski definition) is 0. The van der Waals surface area contributed by atoms with Crippen molar-refractivity contribution in [3.8, 4) is 0 Å². The quantitative estimate of drug-likeness (QED) is 0.808. The van der Waals surface area contributed by atoms with Crippen LogP contribution >= 0.6 is 0 Å². The van der Waals surface area contributed by atoms with Crippen LogP contribution in [0.4, 0.5) is 0 Å². The Morgan fingerprint density at radius 3 is 2.27 bits per heavy atom. The van der Waals surface area contributed by atoms with Crippen molar-refractivity contribution in [3.63, 3.8) is 0 Å². The average molecular weight is 358 g/mol. The molecule has 4 heteroatoms. The van der Waals surface area contributed by atoms with Gasteiger partial charge in [-0.1, -0.05) is 6.07 Å². The molecule has 144 valence electrons. The van der Waals surface area contributed by atoms with Crippen LogP contribution in [0.1, 0.15) is 43.5 Å². The zero-order chi connectivity index (χ0) is 17.8. The van der Waals surface area contributed by atoms with Crippen LogP contribution < -0.4 is 0 Å². The van der Waals surface area contributed by atoms with E-state index < -0.39 is 0 Å². The van der Waals surface area contributed by atoms with Gasteiger partial charge in [-0.15, -0.1) is 0 Å². The van der Waals surface area contributed by atoms with Gasteiger partial charge in [0.05, 0.1) is 12.3 Å². The van der Waals surface area contributed by atoms with Gasteiger partial charge in [0.25, 0.3) is 0 Å². The predicted molar refractivity (Wildman–Crippen MR) is 105 cm³/mol. The number of aromatic nitrogens is 1. The summed E-state index contributed by atoms with van der Waals surface area (Å²) < 4.78 is 5.54. The molecule has 0 radical (unpaired) electrons. The van der Waals surface area contributed by atoms with E-state index in [0.29, 0.717) is 0 Å². The molecule has 0 aliphatic carbocycles. The first-order chi connectivity index (χ1) is 12.8. The molecule has 1 aromatic rings. The number of ether oxygens (including phenoxy) is 1. The minimum atomic E-state index is 0.796. The Labute approximate surface area is 158 Å². The second kappa shape index (κ2) is 8.81. The maximum absolute atomic E-state index is 5.54. The van der Waals surface area contributed by atoms with E-state index in [1.165, 1.54) is 70.5 Å². The Kier molecular flexibility index (Phi) is 6.24. The summed E-state index contributed by atoms with van der Waals surface area (Å²) in [5.74, 6) is 2.71. The van der Waals surface area contributed by atoms with Gasteiger partial charge in [-0.2, -0.15) is 0 Å². The van der Waals surface area contributed by atoms with E-state index in [0.717, 1.165) is 43.2 Å². The number of aryl methyl sites for hydroxylation is 1. The number of rotatable bonds is 5. The molecule has 26 heavy (non-hydrogen) atoms. The number of piperidine rings is 2. The van der Waals surface area contributed by atoms with Crippen LogP contribution in [0.2, 0.25) is 0 Å². The molecule has 0 bridgehead atoms. The lowest BCUT2D eigenvalue weighted by atomic mass is 9.78. The minimum absolute atomic E-state index is 0.796. The van der Waals surface area contributed by atoms with E-state index >= 15 is 0 Å². The SMILES string of the molecule is Cc1cccc(CN2CCC(C3CCN(CC4CCOC4)CC3)CC2)n1. The monoisotopic (exact) mass is 357 g/mol. The largest absolute Gasteiger partial charge is 0.381 e. The van der Waals surface area contributed by atoms with Crippen LogP contribution in [0, 0.1) is 24.7 Å². The highest BCUT2D eigenvalue weighted by atomic mass is 16.5. The molecule has 3 aliphatic heterocycles. The van der Waals surface area contributed by atoms with Crippen LogP contribution in [-0.4, -0.2) is 60.7 Å². The summed E-state index contributed by atoms with van der Waals surface area (Å²) in [5.41, 5.74) is 2.36. The van der Waals surface area contributed by atoms with Gasteiger partial charge in [-0.05, 0) is 95.1 Å². The van der Waals surface area contributed by atoms with Crippen LogP contribution in [0.5, 0.6) is 0 Å². The van der Waals surface area contributed by atoms with E-state index in [4.69, 9.17) is 4.74 Å². The first-order valence-electron chi connectivity index (χ1n) is 10.7. The minimum Gasteiger partial charge on any atom is -0.381 e. The van der Waals surface area contributed by atoms with Crippen LogP contribution in [0.15, 0.2) is 18.2 Å². The fourth-order valence-corrected chi connectivity index (χ4v) is 5.20. The standard InChI is InChI=1S/C22H35N3O/c1-18-3-2-4-22(23-18)16-25-12-7-21(8-13-25)20-5-10-24(11-6-20)15-19-9-14-26-17-19/h2-4,19-21H,5-17H2,1H3. The topological polar surface area (TPSA) is 28.6 Å². The summed E-state index contributed by atoms with van der Waals surface area (Å²) in [6, 6.07) is 6.39. The normalized spacial score (nSPS) is 27.2. The Bertz CT molecular complexity index is 556. The van der Waals surface area contributed by atoms with Crippen molar-refractivity contribution in [3.05, 3.63) is 29.6 Å². The molecule has 0 aromatic carbocycles. The van der Waals surface area contributed by atoms with E-state index in [1.807, 2.05) is 0 Å². The van der Waals surface area contributed by atoms with Gasteiger partial charge in [0.2, 0.25) is 0 Å². The molecule has 3 aliphatic rings. The van der Waals surface area contributed by atoms with Gasteiger partial charge in [-0.3, -0.25) is 9.88 Å². The lowest BCUT2D eigenvalue weighted by Crippen LogP contribution is -2.42. The molecule has 3 fully saturated rings. The second-order valence-corrected chi connectivity index (χ2v) is 8.75. The molecule has 0 amide bonds. The van der Waals surface area contributed by atoms with Crippen molar-refractivity contribution in [2.24, 2.45) is 17.8 Å². The van der Waals surface area contributed by atoms with Crippen molar-refractivity contribution < 1.29 is 4.74 Å². The molecule has 0 saturated carbocycles. The highest BCUT2D eigenvalue weighted by Gasteiger charge is 2.30. The van der Waals surface area contributed by atoms with Crippen LogP contribution in [-0.2, 0) is 11.3 Å². The fraction of sp³-hybridized carbons (Fsp3) is 0.773. The van der Waals surface area contributed by atoms with Gasteiger partial charge in [-0.25, -0.2) is 0 Å². The zero-order valence-electron chi connectivity index (χ0n) is 16.4. The summed E-state index contributed by atoms with van der Waals surface area (Å²) in [4.78, 5) is 9.98. The smallest absolute Gasteiger partial charge is 0.0547 e. The summed E-state index contributed by atoms with van der Waals surface area (Å²) in [5, 5.41) is 0. The summed E-state index contributed by atoms with van der Waals surface area (Å²) in [6.45, 7) is 11.5. The van der Waals surface area contributed by atoms with Gasteiger partial charge in [0, 0.05) is 25.4 Å². The van der Waals surface area contributed by atoms with E-state index in [2.05, 4.69) is 39.9 Å². The Hall–Kier alpha value is -0.970. The average Bonchev–Trinajstić information content (AvgIpc) is 3.16. The van der Waals surface area contributed by atoms with Crippen molar-refractivity contribution in [2.75, 3.05) is 45.9 Å². The molecular weight excluding hydrogens is 322 g/mol. The molecule has 4 heterocycles. The van der Waals surface area contributed by atoms with Crippen molar-refractivity contribution in [2.45, 2.75) is 45.6 Å². The summed E-state index contributed by atoms with van der Waals surface area (Å²) in [7, 11) is 0. The lowest BCUT2D eigenvalue weighted by molar-refractivity contribution is 0.0844. The van der Waals surface area contributed by atoms with Gasteiger partial charge in [0.15, 0.2) is 0 Å². The third-order valence-electron chi connectivity index (χ3n) is 6.80. The first-order valence-corrected chi connectivity index (χ1v) is 10.7. The maximum Gasteiger partial charge on any atom is 0.0547 e. The third kappa shape index (κ3) is 4.85. The van der Waals surface area contributed by atoms with E-state index in [-0.39, 0.29) is 0 Å². The van der Waals surface area contributed by atoms with Gasteiger partial charge >= 0.3 is 0 Å². The molecule has 1 aromatic heterocycles. The van der Waals surface area contributed by atoms with Crippen molar-refractivity contribution >= 4 is 0 Å². The fourth-order valence-electron chi connectivity index (χ4n) is 5.20. The highest BCUT2D eigenvalue weighted by molar-refractivity contribution is 5.09. The first kappa shape index (κ1) is 18.4. The number of likely N-dealkylation sites (tertiary alicyclic amines) is 2. The lowest BCUT2D eigenvalue weighted by Gasteiger charge is -2.40. The number of pyridine rings is 1. The van der Waals surface area contributed by atoms with Gasteiger partial charge in [0.1, 0.15) is 0 Å². The van der Waals surface area contributed by atoms with Crippen LogP contribution in [0.25, 0.3) is 0 Å². The summed E-state index contributed by atoms with van der Waals surface area (Å²) >= 11 is 0. The molecule has 4 rings (SSSR count). The van der Waals surface area contributed by atoms with E-state index in [9.17, 15) is 0 Å². The van der Waals surface area contributed by atoms with Crippen molar-refractivity contribution in [1.29, 1.82) is 0 Å². The Morgan fingerprint density at radius 1 is 0.962 bits per heavy atom. The second-order valence-electron chi connectivity index (χ2n) is 8.75. The van der Waals surface area contributed by atoms with Gasteiger partial charge < -0.3 is 9.64 Å². The molecule has 4 nitrogen and oxygen atoms in total. The van der Waals surface area contributed by atoms with E-state index in [1.54, 1.807) is 0 Å². The molecule has 0 N–H and O–H groups in total. The highest BCUT2D eigenvalue weighted by Crippen LogP contribution is 2.33. The summed E-state index contributed by atoms with van der Waals surface area (Å²) in [6.07, 6.45) is 6.86. The third-order valence-corrected chi connectivity index (χ3v) is 6.80. The van der Waals surface area contributed by atoms with Crippen LogP contribution in [0.3, 0.4) is 0 Å². The predicted octanol–water partition coefficient (Wildman–Crippen LogP) is 3.35. The number of hydrogen-bond acceptors (Lipinski definition) is 4. The molecule has 0 spiro atoms. The maximum atomic E-state index is 5.54. The molecule has 3 saturated heterocycles. The Balaban J connectivity index is 1.18. The molecule has 1 atom stereocenters. The number of nitrogens with zero attached hydrogens (tertiary/aromatic N) is 3. The Morgan fingerprint density at radius 2 is 1.65 bits per heavy atom. The molecular formula is C22H35N3O. The molecule has 1 unspecified atom stereocenters.